The molecule has 16 heavy (non-hydrogen) atoms. The van der Waals surface area contributed by atoms with Crippen LogP contribution in [0.2, 0.25) is 0 Å². The normalized spacial score (nSPS) is 10.4. The van der Waals surface area contributed by atoms with Gasteiger partial charge in [-0.15, -0.1) is 29.1 Å². The van der Waals surface area contributed by atoms with Crippen LogP contribution < -0.4 is 0 Å². The maximum atomic E-state index is 5.36. The Bertz CT molecular complexity index is 652. The fraction of sp³-hybridized carbons (Fsp3) is 0. The topological polar surface area (TPSA) is 12.9 Å². The summed E-state index contributed by atoms with van der Waals surface area (Å²) in [7, 11) is 0. The van der Waals surface area contributed by atoms with Crippen molar-refractivity contribution in [3.05, 3.63) is 41.3 Å². The Balaban J connectivity index is 2.15. The van der Waals surface area contributed by atoms with Gasteiger partial charge < -0.3 is 0 Å². The van der Waals surface area contributed by atoms with Gasteiger partial charge >= 0.3 is 0 Å². The first-order chi connectivity index (χ1) is 7.86. The van der Waals surface area contributed by atoms with Crippen LogP contribution in [0.25, 0.3) is 20.1 Å². The molecule has 0 aliphatic rings. The Kier molecular flexibility index (Phi) is 2.24. The zero-order valence-electron chi connectivity index (χ0n) is 8.31. The number of terminal acetylenes is 1. The summed E-state index contributed by atoms with van der Waals surface area (Å²) >= 11 is 3.32. The minimum atomic E-state index is 0.953. The second-order valence-electron chi connectivity index (χ2n) is 3.29. The summed E-state index contributed by atoms with van der Waals surface area (Å²) in [6.45, 7) is 0. The molecule has 2 aromatic heterocycles. The van der Waals surface area contributed by atoms with Gasteiger partial charge in [-0.3, -0.25) is 0 Å². The molecule has 3 heteroatoms. The lowest BCUT2D eigenvalue weighted by molar-refractivity contribution is 1.50. The zero-order valence-corrected chi connectivity index (χ0v) is 9.94. The molecule has 0 saturated heterocycles. The van der Waals surface area contributed by atoms with E-state index in [1.54, 1.807) is 22.7 Å². The number of rotatable bonds is 1. The van der Waals surface area contributed by atoms with Crippen molar-refractivity contribution in [1.29, 1.82) is 0 Å². The molecule has 0 N–H and O–H groups in total. The number of benzene rings is 1. The van der Waals surface area contributed by atoms with Crippen molar-refractivity contribution >= 4 is 32.9 Å². The summed E-state index contributed by atoms with van der Waals surface area (Å²) in [6.07, 6.45) is 5.36. The molecule has 1 aromatic carbocycles. The van der Waals surface area contributed by atoms with Gasteiger partial charge in [0.2, 0.25) is 0 Å². The Morgan fingerprint density at radius 2 is 1.94 bits per heavy atom. The highest BCUT2D eigenvalue weighted by Gasteiger charge is 2.07. The van der Waals surface area contributed by atoms with E-state index in [0.29, 0.717) is 0 Å². The van der Waals surface area contributed by atoms with Gasteiger partial charge in [0.15, 0.2) is 0 Å². The second-order valence-corrected chi connectivity index (χ2v) is 5.41. The van der Waals surface area contributed by atoms with Crippen LogP contribution in [0.4, 0.5) is 0 Å². The molecule has 0 bridgehead atoms. The molecule has 3 aromatic rings. The second kappa shape index (κ2) is 3.75. The van der Waals surface area contributed by atoms with Gasteiger partial charge in [-0.1, -0.05) is 18.1 Å². The van der Waals surface area contributed by atoms with Crippen molar-refractivity contribution in [2.75, 3.05) is 0 Å². The molecule has 0 atom stereocenters. The predicted molar refractivity (Wildman–Crippen MR) is 70.9 cm³/mol. The molecule has 1 nitrogen and oxygen atoms in total. The van der Waals surface area contributed by atoms with E-state index in [9.17, 15) is 0 Å². The van der Waals surface area contributed by atoms with E-state index in [4.69, 9.17) is 6.42 Å². The number of hydrogen-bond acceptors (Lipinski definition) is 3. The Morgan fingerprint density at radius 3 is 2.69 bits per heavy atom. The standard InChI is InChI=1S/C13H7NS2/c1-2-9-7-8-12(15-9)13-14-10-5-3-4-6-11(10)16-13/h1,3-8H. The molecule has 0 aliphatic heterocycles. The molecule has 0 radical (unpaired) electrons. The lowest BCUT2D eigenvalue weighted by Crippen LogP contribution is -1.67. The van der Waals surface area contributed by atoms with Crippen LogP contribution in [0.15, 0.2) is 36.4 Å². The number of nitrogens with zero attached hydrogens (tertiary/aromatic N) is 1. The molecule has 0 fully saturated rings. The molecule has 0 unspecified atom stereocenters. The van der Waals surface area contributed by atoms with Crippen LogP contribution in [-0.4, -0.2) is 4.98 Å². The van der Waals surface area contributed by atoms with Crippen molar-refractivity contribution in [2.24, 2.45) is 0 Å². The molecule has 0 spiro atoms. The summed E-state index contributed by atoms with van der Waals surface area (Å²) in [4.78, 5) is 6.69. The molecule has 76 valence electrons. The summed E-state index contributed by atoms with van der Waals surface area (Å²) < 4.78 is 1.22. The van der Waals surface area contributed by atoms with Gasteiger partial charge in [-0.2, -0.15) is 0 Å². The summed E-state index contributed by atoms with van der Waals surface area (Å²) in [5.74, 6) is 2.65. The van der Waals surface area contributed by atoms with Gasteiger partial charge in [0, 0.05) is 0 Å². The van der Waals surface area contributed by atoms with Crippen LogP contribution in [0.1, 0.15) is 4.88 Å². The summed E-state index contributed by atoms with van der Waals surface area (Å²) in [5, 5.41) is 1.05. The summed E-state index contributed by atoms with van der Waals surface area (Å²) in [5.41, 5.74) is 1.05. The molecule has 0 saturated carbocycles. The lowest BCUT2D eigenvalue weighted by Gasteiger charge is -1.85. The van der Waals surface area contributed by atoms with Crippen molar-refractivity contribution in [3.8, 4) is 22.2 Å². The average Bonchev–Trinajstić information content (AvgIpc) is 2.95. The lowest BCUT2D eigenvalue weighted by atomic mass is 10.3. The molecular weight excluding hydrogens is 234 g/mol. The van der Waals surface area contributed by atoms with Crippen LogP contribution in [-0.2, 0) is 0 Å². The monoisotopic (exact) mass is 241 g/mol. The molecule has 0 amide bonds. The van der Waals surface area contributed by atoms with E-state index in [0.717, 1.165) is 20.3 Å². The van der Waals surface area contributed by atoms with E-state index >= 15 is 0 Å². The van der Waals surface area contributed by atoms with Crippen molar-refractivity contribution in [2.45, 2.75) is 0 Å². The van der Waals surface area contributed by atoms with Crippen LogP contribution in [0.5, 0.6) is 0 Å². The fourth-order valence-electron chi connectivity index (χ4n) is 1.51. The molecule has 0 aliphatic carbocycles. The highest BCUT2D eigenvalue weighted by atomic mass is 32.1. The van der Waals surface area contributed by atoms with Gasteiger partial charge in [0.05, 0.1) is 20.0 Å². The largest absolute Gasteiger partial charge is 0.235 e. The predicted octanol–water partition coefficient (Wildman–Crippen LogP) is 4.01. The Hall–Kier alpha value is -1.63. The van der Waals surface area contributed by atoms with Gasteiger partial charge in [-0.05, 0) is 24.3 Å². The first kappa shape index (κ1) is 9.59. The number of thiophene rings is 1. The average molecular weight is 241 g/mol. The molecular formula is C13H7NS2. The third-order valence-corrected chi connectivity index (χ3v) is 4.48. The van der Waals surface area contributed by atoms with Crippen molar-refractivity contribution in [3.63, 3.8) is 0 Å². The first-order valence-corrected chi connectivity index (χ1v) is 6.42. The SMILES string of the molecule is C#Cc1ccc(-c2nc3ccccc3s2)s1. The van der Waals surface area contributed by atoms with E-state index in [-0.39, 0.29) is 0 Å². The van der Waals surface area contributed by atoms with E-state index < -0.39 is 0 Å². The Labute approximate surface area is 101 Å². The van der Waals surface area contributed by atoms with Crippen LogP contribution in [0, 0.1) is 12.3 Å². The third kappa shape index (κ3) is 1.53. The van der Waals surface area contributed by atoms with Crippen LogP contribution in [0.3, 0.4) is 0 Å². The Morgan fingerprint density at radius 1 is 1.06 bits per heavy atom. The van der Waals surface area contributed by atoms with E-state index in [1.165, 1.54) is 4.70 Å². The molecule has 3 rings (SSSR count). The summed E-state index contributed by atoms with van der Waals surface area (Å²) in [6, 6.07) is 12.2. The number of aromatic nitrogens is 1. The number of para-hydroxylation sites is 1. The smallest absolute Gasteiger partial charge is 0.134 e. The zero-order chi connectivity index (χ0) is 11.0. The van der Waals surface area contributed by atoms with E-state index in [1.807, 2.05) is 30.3 Å². The number of thiazole rings is 1. The maximum absolute atomic E-state index is 5.36. The third-order valence-electron chi connectivity index (χ3n) is 2.25. The quantitative estimate of drug-likeness (QED) is 0.587. The van der Waals surface area contributed by atoms with Crippen molar-refractivity contribution in [1.82, 2.24) is 4.98 Å². The minimum absolute atomic E-state index is 0.953. The van der Waals surface area contributed by atoms with Gasteiger partial charge in [-0.25, -0.2) is 4.98 Å². The maximum Gasteiger partial charge on any atom is 0.134 e. The highest BCUT2D eigenvalue weighted by molar-refractivity contribution is 7.25. The van der Waals surface area contributed by atoms with Gasteiger partial charge in [0.25, 0.3) is 0 Å². The van der Waals surface area contributed by atoms with E-state index in [2.05, 4.69) is 17.0 Å². The number of hydrogen-bond donors (Lipinski definition) is 0. The number of fused-ring (bicyclic) bond motifs is 1. The van der Waals surface area contributed by atoms with Gasteiger partial charge in [0.1, 0.15) is 5.01 Å². The van der Waals surface area contributed by atoms with Crippen molar-refractivity contribution < 1.29 is 0 Å². The van der Waals surface area contributed by atoms with Crippen LogP contribution >= 0.6 is 22.7 Å². The highest BCUT2D eigenvalue weighted by Crippen LogP contribution is 2.33. The minimum Gasteiger partial charge on any atom is -0.235 e. The first-order valence-electron chi connectivity index (χ1n) is 4.79. The fourth-order valence-corrected chi connectivity index (χ4v) is 3.34. The molecule has 2 heterocycles.